The summed E-state index contributed by atoms with van der Waals surface area (Å²) in [6.45, 7) is 0. The highest BCUT2D eigenvalue weighted by molar-refractivity contribution is 8.14. The summed E-state index contributed by atoms with van der Waals surface area (Å²) >= 11 is 6.81. The third-order valence-electron chi connectivity index (χ3n) is 1.70. The number of alkyl halides is 1. The van der Waals surface area contributed by atoms with Gasteiger partial charge in [0.25, 0.3) is 0 Å². The Balaban J connectivity index is 2.19. The van der Waals surface area contributed by atoms with Gasteiger partial charge >= 0.3 is 0 Å². The Kier molecular flexibility index (Phi) is 5.19. The van der Waals surface area contributed by atoms with Gasteiger partial charge in [-0.25, -0.2) is 5.53 Å². The highest BCUT2D eigenvalue weighted by atomic mass is 35.5. The Bertz CT molecular complexity index is 207. The number of nitrogens with zero attached hydrogens (tertiary/aromatic N) is 1. The molecule has 1 heterocycles. The van der Waals surface area contributed by atoms with E-state index in [1.807, 2.05) is 0 Å². The van der Waals surface area contributed by atoms with Crippen molar-refractivity contribution in [3.63, 3.8) is 0 Å². The number of hydrazone groups is 1. The topological polar surface area (TPSA) is 60.3 Å². The molecule has 0 aromatic carbocycles. The maximum atomic E-state index is 7.53. The van der Waals surface area contributed by atoms with Crippen LogP contribution in [0.5, 0.6) is 0 Å². The number of hydrazine groups is 1. The van der Waals surface area contributed by atoms with E-state index >= 15 is 0 Å². The average molecular weight is 221 g/mol. The third kappa shape index (κ3) is 3.97. The molecule has 0 aliphatic carbocycles. The van der Waals surface area contributed by atoms with Crippen LogP contribution in [0.1, 0.15) is 25.7 Å². The van der Waals surface area contributed by atoms with E-state index in [9.17, 15) is 0 Å². The molecular formula is C7H13ClN4S. The van der Waals surface area contributed by atoms with Crippen molar-refractivity contribution >= 4 is 34.3 Å². The first-order valence-electron chi connectivity index (χ1n) is 4.23. The van der Waals surface area contributed by atoms with E-state index < -0.39 is 0 Å². The lowest BCUT2D eigenvalue weighted by atomic mass is 10.1. The minimum absolute atomic E-state index is 0.504. The van der Waals surface area contributed by atoms with Gasteiger partial charge in [0.05, 0.1) is 5.71 Å². The van der Waals surface area contributed by atoms with Crippen molar-refractivity contribution in [3.8, 4) is 0 Å². The summed E-state index contributed by atoms with van der Waals surface area (Å²) in [7, 11) is 0. The van der Waals surface area contributed by atoms with E-state index in [1.54, 1.807) is 0 Å². The minimum Gasteiger partial charge on any atom is -0.291 e. The minimum atomic E-state index is 0.504. The summed E-state index contributed by atoms with van der Waals surface area (Å²) in [5, 5.41) is 12.0. The fourth-order valence-corrected chi connectivity index (χ4v) is 1.65. The van der Waals surface area contributed by atoms with Crippen LogP contribution in [0.15, 0.2) is 5.10 Å². The second-order valence-corrected chi connectivity index (χ2v) is 3.90. The molecule has 0 unspecified atom stereocenters. The van der Waals surface area contributed by atoms with E-state index in [0.717, 1.165) is 37.3 Å². The fourth-order valence-electron chi connectivity index (χ4n) is 1.01. The summed E-state index contributed by atoms with van der Waals surface area (Å²) in [6, 6.07) is 0. The van der Waals surface area contributed by atoms with Gasteiger partial charge in [-0.3, -0.25) is 5.41 Å². The van der Waals surface area contributed by atoms with Crippen LogP contribution in [-0.4, -0.2) is 16.6 Å². The molecule has 74 valence electrons. The zero-order valence-corrected chi connectivity index (χ0v) is 8.84. The fraction of sp³-hybridized carbons (Fsp3) is 0.714. The Morgan fingerprint density at radius 1 is 1.38 bits per heavy atom. The maximum Gasteiger partial charge on any atom is 0.127 e. The van der Waals surface area contributed by atoms with Gasteiger partial charge in [-0.15, -0.1) is 11.6 Å². The number of unbranched alkanes of at least 4 members (excludes halogenated alkanes) is 2. The molecule has 0 saturated heterocycles. The molecular weight excluding hydrogens is 208 g/mol. The van der Waals surface area contributed by atoms with Crippen LogP contribution in [-0.2, 0) is 0 Å². The molecule has 0 saturated carbocycles. The van der Waals surface area contributed by atoms with Gasteiger partial charge in [0.1, 0.15) is 5.04 Å². The van der Waals surface area contributed by atoms with E-state index in [1.165, 1.54) is 11.9 Å². The highest BCUT2D eigenvalue weighted by Gasteiger charge is 2.11. The van der Waals surface area contributed by atoms with Crippen molar-refractivity contribution in [2.75, 3.05) is 5.88 Å². The molecule has 6 heteroatoms. The molecule has 0 atom stereocenters. The first-order chi connectivity index (χ1) is 6.34. The number of rotatable bonds is 5. The van der Waals surface area contributed by atoms with E-state index in [4.69, 9.17) is 17.0 Å². The van der Waals surface area contributed by atoms with Crippen LogP contribution in [0.25, 0.3) is 0 Å². The number of nitrogens with one attached hydrogen (secondary N) is 3. The molecule has 0 radical (unpaired) electrons. The van der Waals surface area contributed by atoms with Crippen molar-refractivity contribution in [2.24, 2.45) is 5.10 Å². The first-order valence-corrected chi connectivity index (χ1v) is 5.58. The highest BCUT2D eigenvalue weighted by Crippen LogP contribution is 2.09. The summed E-state index contributed by atoms with van der Waals surface area (Å²) in [4.78, 5) is 2.70. The molecule has 0 fully saturated rings. The van der Waals surface area contributed by atoms with Crippen LogP contribution in [0, 0.1) is 5.41 Å². The number of hydrogen-bond donors (Lipinski definition) is 3. The lowest BCUT2D eigenvalue weighted by Gasteiger charge is -2.13. The zero-order valence-electron chi connectivity index (χ0n) is 7.27. The lowest BCUT2D eigenvalue weighted by Crippen LogP contribution is -2.31. The van der Waals surface area contributed by atoms with Gasteiger partial charge in [0, 0.05) is 5.88 Å². The Labute approximate surface area is 87.1 Å². The Hall–Kier alpha value is -0.260. The predicted octanol–water partition coefficient (Wildman–Crippen LogP) is 1.87. The average Bonchev–Trinajstić information content (AvgIpc) is 2.15. The van der Waals surface area contributed by atoms with Crippen LogP contribution in [0.2, 0.25) is 0 Å². The number of halogens is 1. The second kappa shape index (κ2) is 6.23. The van der Waals surface area contributed by atoms with E-state index in [0.29, 0.717) is 5.04 Å². The third-order valence-corrected chi connectivity index (χ3v) is 2.60. The maximum absolute atomic E-state index is 7.53. The largest absolute Gasteiger partial charge is 0.291 e. The Morgan fingerprint density at radius 3 is 2.92 bits per heavy atom. The van der Waals surface area contributed by atoms with Gasteiger partial charge in [-0.1, -0.05) is 6.42 Å². The molecule has 0 bridgehead atoms. The van der Waals surface area contributed by atoms with Crippen molar-refractivity contribution < 1.29 is 0 Å². The predicted molar refractivity (Wildman–Crippen MR) is 58.2 cm³/mol. The molecule has 0 spiro atoms. The van der Waals surface area contributed by atoms with Crippen LogP contribution in [0.4, 0.5) is 0 Å². The summed E-state index contributed by atoms with van der Waals surface area (Å²) < 4.78 is 0. The van der Waals surface area contributed by atoms with Crippen molar-refractivity contribution in [1.29, 1.82) is 5.41 Å². The quantitative estimate of drug-likeness (QED) is 0.377. The lowest BCUT2D eigenvalue weighted by molar-refractivity contribution is 0.714. The van der Waals surface area contributed by atoms with Gasteiger partial charge in [-0.2, -0.15) is 9.93 Å². The van der Waals surface area contributed by atoms with Crippen LogP contribution >= 0.6 is 23.5 Å². The normalized spacial score (nSPS) is 16.7. The van der Waals surface area contributed by atoms with E-state index in [-0.39, 0.29) is 0 Å². The zero-order chi connectivity index (χ0) is 9.52. The molecule has 1 aliphatic rings. The van der Waals surface area contributed by atoms with Gasteiger partial charge in [0.2, 0.25) is 0 Å². The number of hydrogen-bond acceptors (Lipinski definition) is 5. The van der Waals surface area contributed by atoms with Crippen molar-refractivity contribution in [2.45, 2.75) is 25.7 Å². The van der Waals surface area contributed by atoms with Gasteiger partial charge < -0.3 is 0 Å². The summed E-state index contributed by atoms with van der Waals surface area (Å²) in [5.74, 6) is 0.721. The summed E-state index contributed by atoms with van der Waals surface area (Å²) in [6.07, 6.45) is 4.06. The second-order valence-electron chi connectivity index (χ2n) is 2.70. The molecule has 0 aromatic heterocycles. The monoisotopic (exact) mass is 220 g/mol. The molecule has 1 aliphatic heterocycles. The standard InChI is InChI=1S/C7H13ClN4S/c8-5-3-1-2-4-6-7(9)13-12-11-10-6/h9,11-12H,1-5H2. The molecule has 0 amide bonds. The van der Waals surface area contributed by atoms with Gasteiger partial charge in [0.15, 0.2) is 0 Å². The molecule has 0 aromatic rings. The Morgan fingerprint density at radius 2 is 2.23 bits per heavy atom. The molecule has 13 heavy (non-hydrogen) atoms. The van der Waals surface area contributed by atoms with Crippen molar-refractivity contribution in [3.05, 3.63) is 0 Å². The summed E-state index contributed by atoms with van der Waals surface area (Å²) in [5.41, 5.74) is 3.47. The molecule has 4 nitrogen and oxygen atoms in total. The molecule has 1 rings (SSSR count). The first kappa shape index (κ1) is 10.8. The smallest absolute Gasteiger partial charge is 0.127 e. The van der Waals surface area contributed by atoms with Crippen LogP contribution in [0.3, 0.4) is 0 Å². The van der Waals surface area contributed by atoms with Gasteiger partial charge in [-0.05, 0) is 31.2 Å². The van der Waals surface area contributed by atoms with Crippen LogP contribution < -0.4 is 10.4 Å². The molecule has 3 N–H and O–H groups in total. The van der Waals surface area contributed by atoms with E-state index in [2.05, 4.69) is 15.5 Å². The van der Waals surface area contributed by atoms with Crippen molar-refractivity contribution in [1.82, 2.24) is 10.4 Å². The SMILES string of the molecule is N=C1SNNN=C1CCCCCCl.